The van der Waals surface area contributed by atoms with Crippen molar-refractivity contribution in [3.8, 4) is 0 Å². The van der Waals surface area contributed by atoms with Crippen LogP contribution in [-0.4, -0.2) is 30.5 Å². The Labute approximate surface area is 89.1 Å². The van der Waals surface area contributed by atoms with Crippen molar-refractivity contribution in [1.82, 2.24) is 5.32 Å². The van der Waals surface area contributed by atoms with Gasteiger partial charge < -0.3 is 10.1 Å². The van der Waals surface area contributed by atoms with Crippen molar-refractivity contribution in [2.24, 2.45) is 17.8 Å². The SMILES string of the molecule is CC(C)(CCl)NC(=O)C1C2COCC21. The van der Waals surface area contributed by atoms with Crippen LogP contribution in [0.3, 0.4) is 0 Å². The summed E-state index contributed by atoms with van der Waals surface area (Å²) < 4.78 is 5.24. The number of nitrogens with one attached hydrogen (secondary N) is 1. The second-order valence-electron chi connectivity index (χ2n) is 4.90. The fourth-order valence-electron chi connectivity index (χ4n) is 2.08. The maximum Gasteiger partial charge on any atom is 0.224 e. The predicted octanol–water partition coefficient (Wildman–Crippen LogP) is 1.01. The summed E-state index contributed by atoms with van der Waals surface area (Å²) in [7, 11) is 0. The van der Waals surface area contributed by atoms with E-state index in [0.29, 0.717) is 17.7 Å². The Morgan fingerprint density at radius 1 is 1.50 bits per heavy atom. The maximum absolute atomic E-state index is 11.8. The number of fused-ring (bicyclic) bond motifs is 1. The van der Waals surface area contributed by atoms with Gasteiger partial charge in [0.25, 0.3) is 0 Å². The molecule has 2 rings (SSSR count). The number of halogens is 1. The van der Waals surface area contributed by atoms with Crippen molar-refractivity contribution in [3.05, 3.63) is 0 Å². The molecule has 0 spiro atoms. The zero-order valence-electron chi connectivity index (χ0n) is 8.55. The number of rotatable bonds is 3. The highest BCUT2D eigenvalue weighted by atomic mass is 35.5. The van der Waals surface area contributed by atoms with Crippen molar-refractivity contribution in [2.45, 2.75) is 19.4 Å². The summed E-state index contributed by atoms with van der Waals surface area (Å²) in [4.78, 5) is 11.8. The Hall–Kier alpha value is -0.280. The lowest BCUT2D eigenvalue weighted by atomic mass is 10.1. The number of carbonyl (C=O) groups excluding carboxylic acids is 1. The third kappa shape index (κ3) is 1.75. The van der Waals surface area contributed by atoms with E-state index < -0.39 is 0 Å². The van der Waals surface area contributed by atoms with Gasteiger partial charge in [0.1, 0.15) is 0 Å². The summed E-state index contributed by atoms with van der Waals surface area (Å²) in [5, 5.41) is 2.97. The van der Waals surface area contributed by atoms with Gasteiger partial charge in [0.05, 0.1) is 13.2 Å². The molecule has 3 nitrogen and oxygen atoms in total. The Morgan fingerprint density at radius 2 is 2.07 bits per heavy atom. The molecular weight excluding hydrogens is 202 g/mol. The van der Waals surface area contributed by atoms with Gasteiger partial charge in [-0.25, -0.2) is 0 Å². The van der Waals surface area contributed by atoms with E-state index in [1.807, 2.05) is 13.8 Å². The minimum absolute atomic E-state index is 0.147. The van der Waals surface area contributed by atoms with E-state index in [1.54, 1.807) is 0 Å². The molecule has 2 unspecified atom stereocenters. The second-order valence-corrected chi connectivity index (χ2v) is 5.16. The lowest BCUT2D eigenvalue weighted by molar-refractivity contribution is -0.125. The lowest BCUT2D eigenvalue weighted by Gasteiger charge is -2.23. The van der Waals surface area contributed by atoms with Crippen LogP contribution in [0.5, 0.6) is 0 Å². The van der Waals surface area contributed by atoms with Crippen LogP contribution in [0, 0.1) is 17.8 Å². The van der Waals surface area contributed by atoms with Crippen LogP contribution in [0.2, 0.25) is 0 Å². The Balaban J connectivity index is 1.86. The van der Waals surface area contributed by atoms with Gasteiger partial charge in [-0.15, -0.1) is 11.6 Å². The molecule has 2 atom stereocenters. The average molecular weight is 218 g/mol. The molecule has 1 amide bonds. The van der Waals surface area contributed by atoms with Crippen molar-refractivity contribution in [3.63, 3.8) is 0 Å². The molecule has 1 aliphatic carbocycles. The van der Waals surface area contributed by atoms with Crippen molar-refractivity contribution in [1.29, 1.82) is 0 Å². The first-order chi connectivity index (χ1) is 6.55. The molecule has 0 radical (unpaired) electrons. The normalized spacial score (nSPS) is 35.2. The summed E-state index contributed by atoms with van der Waals surface area (Å²) >= 11 is 5.74. The predicted molar refractivity (Wildman–Crippen MR) is 54.2 cm³/mol. The summed E-state index contributed by atoms with van der Waals surface area (Å²) in [5.74, 6) is 1.72. The number of hydrogen-bond donors (Lipinski definition) is 1. The summed E-state index contributed by atoms with van der Waals surface area (Å²) in [6.07, 6.45) is 0. The fourth-order valence-corrected chi connectivity index (χ4v) is 2.15. The maximum atomic E-state index is 11.8. The first kappa shape index (κ1) is 10.2. The molecule has 0 aromatic rings. The number of amides is 1. The Kier molecular flexibility index (Phi) is 2.48. The second kappa shape index (κ2) is 3.38. The highest BCUT2D eigenvalue weighted by Gasteiger charge is 2.58. The largest absolute Gasteiger partial charge is 0.381 e. The summed E-state index contributed by atoms with van der Waals surface area (Å²) in [5.41, 5.74) is -0.295. The zero-order chi connectivity index (χ0) is 10.3. The van der Waals surface area contributed by atoms with Crippen LogP contribution < -0.4 is 5.32 Å². The van der Waals surface area contributed by atoms with Crippen LogP contribution in [0.15, 0.2) is 0 Å². The van der Waals surface area contributed by atoms with E-state index in [9.17, 15) is 4.79 Å². The van der Waals surface area contributed by atoms with Crippen LogP contribution in [0.25, 0.3) is 0 Å². The Morgan fingerprint density at radius 3 is 2.57 bits per heavy atom. The van der Waals surface area contributed by atoms with Gasteiger partial charge in [-0.3, -0.25) is 4.79 Å². The summed E-state index contributed by atoms with van der Waals surface area (Å²) in [6.45, 7) is 5.38. The van der Waals surface area contributed by atoms with E-state index in [0.717, 1.165) is 13.2 Å². The third-order valence-electron chi connectivity index (χ3n) is 3.05. The van der Waals surface area contributed by atoms with Crippen molar-refractivity contribution >= 4 is 17.5 Å². The van der Waals surface area contributed by atoms with Crippen molar-refractivity contribution in [2.75, 3.05) is 19.1 Å². The molecule has 0 aromatic carbocycles. The number of alkyl halides is 1. The first-order valence-corrected chi connectivity index (χ1v) is 5.54. The van der Waals surface area contributed by atoms with E-state index >= 15 is 0 Å². The van der Waals surface area contributed by atoms with E-state index in [2.05, 4.69) is 5.32 Å². The van der Waals surface area contributed by atoms with Gasteiger partial charge in [0, 0.05) is 17.3 Å². The quantitative estimate of drug-likeness (QED) is 0.717. The zero-order valence-corrected chi connectivity index (χ0v) is 9.30. The van der Waals surface area contributed by atoms with Gasteiger partial charge in [-0.05, 0) is 25.7 Å². The van der Waals surface area contributed by atoms with Gasteiger partial charge in [-0.1, -0.05) is 0 Å². The minimum Gasteiger partial charge on any atom is -0.381 e. The smallest absolute Gasteiger partial charge is 0.224 e. The highest BCUT2D eigenvalue weighted by molar-refractivity contribution is 6.18. The standard InChI is InChI=1S/C10H16ClNO2/c1-10(2,5-11)12-9(13)8-6-3-14-4-7(6)8/h6-8H,3-5H2,1-2H3,(H,12,13). The molecule has 1 N–H and O–H groups in total. The minimum atomic E-state index is -0.295. The van der Waals surface area contributed by atoms with Crippen LogP contribution in [0.1, 0.15) is 13.8 Å². The monoisotopic (exact) mass is 217 g/mol. The molecule has 1 heterocycles. The highest BCUT2D eigenvalue weighted by Crippen LogP contribution is 2.50. The van der Waals surface area contributed by atoms with E-state index in [4.69, 9.17) is 16.3 Å². The van der Waals surface area contributed by atoms with Gasteiger partial charge in [-0.2, -0.15) is 0 Å². The number of ether oxygens (including phenoxy) is 1. The molecule has 1 aliphatic heterocycles. The average Bonchev–Trinajstić information content (AvgIpc) is 2.61. The van der Waals surface area contributed by atoms with Crippen LogP contribution in [0.4, 0.5) is 0 Å². The van der Waals surface area contributed by atoms with E-state index in [-0.39, 0.29) is 17.4 Å². The van der Waals surface area contributed by atoms with Crippen LogP contribution >= 0.6 is 11.6 Å². The lowest BCUT2D eigenvalue weighted by Crippen LogP contribution is -2.46. The fraction of sp³-hybridized carbons (Fsp3) is 0.900. The Bertz CT molecular complexity index is 245. The third-order valence-corrected chi connectivity index (χ3v) is 3.72. The molecule has 2 fully saturated rings. The number of hydrogen-bond acceptors (Lipinski definition) is 2. The molecule has 1 saturated carbocycles. The van der Waals surface area contributed by atoms with Crippen LogP contribution in [-0.2, 0) is 9.53 Å². The molecule has 14 heavy (non-hydrogen) atoms. The molecule has 80 valence electrons. The molecule has 0 bridgehead atoms. The molecular formula is C10H16ClNO2. The van der Waals surface area contributed by atoms with Gasteiger partial charge in [0.15, 0.2) is 0 Å². The van der Waals surface area contributed by atoms with Gasteiger partial charge in [0.2, 0.25) is 5.91 Å². The number of carbonyl (C=O) groups is 1. The van der Waals surface area contributed by atoms with Crippen molar-refractivity contribution < 1.29 is 9.53 Å². The molecule has 4 heteroatoms. The van der Waals surface area contributed by atoms with Gasteiger partial charge >= 0.3 is 0 Å². The first-order valence-electron chi connectivity index (χ1n) is 5.01. The molecule has 2 aliphatic rings. The molecule has 1 saturated heterocycles. The van der Waals surface area contributed by atoms with E-state index in [1.165, 1.54) is 0 Å². The molecule has 0 aromatic heterocycles. The topological polar surface area (TPSA) is 38.3 Å². The summed E-state index contributed by atoms with van der Waals surface area (Å²) in [6, 6.07) is 0.